The van der Waals surface area contributed by atoms with E-state index in [-0.39, 0.29) is 23.6 Å². The third-order valence-corrected chi connectivity index (χ3v) is 7.60. The SMILES string of the molecule is O=C1C(C(=S)NC2CCCCC2)=C(O)C2CCCCC2N1C1CCCCC1. The van der Waals surface area contributed by atoms with Crippen LogP contribution in [0.5, 0.6) is 0 Å². The zero-order valence-corrected chi connectivity index (χ0v) is 17.2. The Kier molecular flexibility index (Phi) is 6.05. The number of nitrogens with one attached hydrogen (secondary N) is 1. The zero-order valence-electron chi connectivity index (χ0n) is 16.4. The van der Waals surface area contributed by atoms with Crippen LogP contribution in [0.25, 0.3) is 0 Å². The second kappa shape index (κ2) is 8.50. The molecule has 0 aromatic rings. The van der Waals surface area contributed by atoms with Gasteiger partial charge in [-0.1, -0.05) is 63.6 Å². The van der Waals surface area contributed by atoms with Gasteiger partial charge < -0.3 is 15.3 Å². The first-order chi connectivity index (χ1) is 13.2. The van der Waals surface area contributed by atoms with Crippen LogP contribution in [0.15, 0.2) is 11.3 Å². The summed E-state index contributed by atoms with van der Waals surface area (Å²) in [5, 5.41) is 14.5. The monoisotopic (exact) mass is 390 g/mol. The van der Waals surface area contributed by atoms with Crippen molar-refractivity contribution in [2.45, 2.75) is 108 Å². The summed E-state index contributed by atoms with van der Waals surface area (Å²) >= 11 is 5.68. The van der Waals surface area contributed by atoms with Crippen molar-refractivity contribution in [3.8, 4) is 0 Å². The van der Waals surface area contributed by atoms with Crippen LogP contribution in [0, 0.1) is 5.92 Å². The van der Waals surface area contributed by atoms with E-state index in [9.17, 15) is 9.90 Å². The number of hydrogen-bond acceptors (Lipinski definition) is 3. The first kappa shape index (κ1) is 19.2. The Hall–Kier alpha value is -1.10. The summed E-state index contributed by atoms with van der Waals surface area (Å²) in [6.07, 6.45) is 16.1. The van der Waals surface area contributed by atoms with E-state index in [2.05, 4.69) is 10.2 Å². The largest absolute Gasteiger partial charge is 0.511 e. The van der Waals surface area contributed by atoms with Crippen LogP contribution >= 0.6 is 12.2 Å². The van der Waals surface area contributed by atoms with Gasteiger partial charge in [-0.2, -0.15) is 0 Å². The van der Waals surface area contributed by atoms with Crippen molar-refractivity contribution in [2.75, 3.05) is 0 Å². The summed E-state index contributed by atoms with van der Waals surface area (Å²) in [6.45, 7) is 0. The summed E-state index contributed by atoms with van der Waals surface area (Å²) < 4.78 is 0. The van der Waals surface area contributed by atoms with E-state index >= 15 is 0 Å². The maximum Gasteiger partial charge on any atom is 0.260 e. The molecule has 2 atom stereocenters. The van der Waals surface area contributed by atoms with Gasteiger partial charge in [-0.3, -0.25) is 4.79 Å². The molecule has 2 unspecified atom stereocenters. The average Bonchev–Trinajstić information content (AvgIpc) is 2.70. The molecule has 150 valence electrons. The topological polar surface area (TPSA) is 52.6 Å². The van der Waals surface area contributed by atoms with Gasteiger partial charge in [-0.15, -0.1) is 0 Å². The minimum absolute atomic E-state index is 0.00383. The number of nitrogens with zero attached hydrogens (tertiary/aromatic N) is 1. The Morgan fingerprint density at radius 3 is 2.19 bits per heavy atom. The van der Waals surface area contributed by atoms with E-state index in [1.165, 1.54) is 38.5 Å². The van der Waals surface area contributed by atoms with Gasteiger partial charge in [0.15, 0.2) is 0 Å². The van der Waals surface area contributed by atoms with Gasteiger partial charge in [0.25, 0.3) is 5.91 Å². The molecule has 1 heterocycles. The Bertz CT molecular complexity index is 605. The molecule has 0 saturated heterocycles. The Balaban J connectivity index is 1.60. The normalized spacial score (nSPS) is 31.0. The molecule has 2 N–H and O–H groups in total. The van der Waals surface area contributed by atoms with E-state index < -0.39 is 0 Å². The smallest absolute Gasteiger partial charge is 0.260 e. The van der Waals surface area contributed by atoms with Crippen molar-refractivity contribution in [1.82, 2.24) is 10.2 Å². The molecule has 0 spiro atoms. The van der Waals surface area contributed by atoms with Gasteiger partial charge in [0.1, 0.15) is 16.3 Å². The van der Waals surface area contributed by atoms with Gasteiger partial charge in [0.05, 0.1) is 0 Å². The van der Waals surface area contributed by atoms with E-state index in [1.54, 1.807) is 0 Å². The van der Waals surface area contributed by atoms with E-state index in [0.717, 1.165) is 51.4 Å². The molecule has 0 radical (unpaired) electrons. The number of aliphatic hydroxyl groups is 1. The zero-order chi connectivity index (χ0) is 18.8. The second-order valence-electron chi connectivity index (χ2n) is 9.03. The van der Waals surface area contributed by atoms with Crippen LogP contribution in [0.2, 0.25) is 0 Å². The van der Waals surface area contributed by atoms with Crippen molar-refractivity contribution in [3.63, 3.8) is 0 Å². The lowest BCUT2D eigenvalue weighted by atomic mass is 9.76. The number of aliphatic hydroxyl groups excluding tert-OH is 1. The van der Waals surface area contributed by atoms with Crippen LogP contribution in [-0.2, 0) is 4.79 Å². The Morgan fingerprint density at radius 2 is 1.48 bits per heavy atom. The number of amides is 1. The highest BCUT2D eigenvalue weighted by atomic mass is 32.1. The Labute approximate surface area is 168 Å². The van der Waals surface area contributed by atoms with Crippen LogP contribution in [0.4, 0.5) is 0 Å². The summed E-state index contributed by atoms with van der Waals surface area (Å²) in [5.74, 6) is 0.361. The lowest BCUT2D eigenvalue weighted by Gasteiger charge is -2.48. The van der Waals surface area contributed by atoms with Crippen molar-refractivity contribution in [1.29, 1.82) is 0 Å². The van der Waals surface area contributed by atoms with Crippen LogP contribution in [0.1, 0.15) is 89.9 Å². The number of fused-ring (bicyclic) bond motifs is 1. The fourth-order valence-corrected chi connectivity index (χ4v) is 6.21. The Morgan fingerprint density at radius 1 is 0.889 bits per heavy atom. The molecular formula is C22H34N2O2S. The summed E-state index contributed by atoms with van der Waals surface area (Å²) in [7, 11) is 0. The van der Waals surface area contributed by atoms with Gasteiger partial charge in [-0.25, -0.2) is 0 Å². The molecule has 4 nitrogen and oxygen atoms in total. The first-order valence-electron chi connectivity index (χ1n) is 11.2. The molecule has 4 aliphatic rings. The predicted molar refractivity (Wildman–Crippen MR) is 112 cm³/mol. The average molecular weight is 391 g/mol. The fraction of sp³-hybridized carbons (Fsp3) is 0.818. The molecule has 3 saturated carbocycles. The molecular weight excluding hydrogens is 356 g/mol. The highest BCUT2D eigenvalue weighted by Gasteiger charge is 2.46. The summed E-state index contributed by atoms with van der Waals surface area (Å²) in [5.41, 5.74) is 0.421. The highest BCUT2D eigenvalue weighted by Crippen LogP contribution is 2.41. The fourth-order valence-electron chi connectivity index (χ4n) is 5.85. The quantitative estimate of drug-likeness (QED) is 0.681. The lowest BCUT2D eigenvalue weighted by molar-refractivity contribution is -0.137. The van der Waals surface area contributed by atoms with Crippen LogP contribution < -0.4 is 5.32 Å². The van der Waals surface area contributed by atoms with Crippen LogP contribution in [0.3, 0.4) is 0 Å². The predicted octanol–water partition coefficient (Wildman–Crippen LogP) is 4.78. The number of hydrogen-bond donors (Lipinski definition) is 2. The van der Waals surface area contributed by atoms with E-state index in [0.29, 0.717) is 22.6 Å². The molecule has 3 aliphatic carbocycles. The molecule has 1 aliphatic heterocycles. The lowest BCUT2D eigenvalue weighted by Crippen LogP contribution is -2.57. The third-order valence-electron chi connectivity index (χ3n) is 7.28. The molecule has 3 fully saturated rings. The van der Waals surface area contributed by atoms with Gasteiger partial charge in [0.2, 0.25) is 0 Å². The maximum absolute atomic E-state index is 13.6. The number of rotatable bonds is 3. The number of carbonyl (C=O) groups is 1. The summed E-state index contributed by atoms with van der Waals surface area (Å²) in [4.78, 5) is 16.2. The van der Waals surface area contributed by atoms with Crippen molar-refractivity contribution < 1.29 is 9.90 Å². The minimum Gasteiger partial charge on any atom is -0.511 e. The van der Waals surface area contributed by atoms with E-state index in [1.807, 2.05) is 0 Å². The molecule has 0 aromatic heterocycles. The van der Waals surface area contributed by atoms with Crippen molar-refractivity contribution in [3.05, 3.63) is 11.3 Å². The van der Waals surface area contributed by atoms with Crippen molar-refractivity contribution >= 4 is 23.1 Å². The summed E-state index contributed by atoms with van der Waals surface area (Å²) in [6, 6.07) is 0.861. The number of carbonyl (C=O) groups excluding carboxylic acids is 1. The molecule has 4 rings (SSSR count). The maximum atomic E-state index is 13.6. The van der Waals surface area contributed by atoms with E-state index in [4.69, 9.17) is 12.2 Å². The molecule has 5 heteroatoms. The van der Waals surface area contributed by atoms with Gasteiger partial charge >= 0.3 is 0 Å². The van der Waals surface area contributed by atoms with Crippen LogP contribution in [-0.4, -0.2) is 39.0 Å². The molecule has 0 bridgehead atoms. The molecule has 0 aromatic carbocycles. The second-order valence-corrected chi connectivity index (χ2v) is 9.44. The van der Waals surface area contributed by atoms with Crippen molar-refractivity contribution in [2.24, 2.45) is 5.92 Å². The standard InChI is InChI=1S/C22H34N2O2S/c25-20-17-13-7-8-14-18(17)24(16-11-5-2-6-12-16)22(26)19(20)21(27)23-15-9-3-1-4-10-15/h15-18,25H,1-14H2,(H,23,27). The van der Waals surface area contributed by atoms with Gasteiger partial charge in [0, 0.05) is 24.0 Å². The number of thiocarbonyl (C=S) groups is 1. The van der Waals surface area contributed by atoms with Gasteiger partial charge in [-0.05, 0) is 38.5 Å². The third kappa shape index (κ3) is 3.90. The highest BCUT2D eigenvalue weighted by molar-refractivity contribution is 7.80. The molecule has 27 heavy (non-hydrogen) atoms. The molecule has 1 amide bonds. The first-order valence-corrected chi connectivity index (χ1v) is 11.6. The minimum atomic E-state index is -0.00383.